The van der Waals surface area contributed by atoms with Crippen LogP contribution in [-0.2, 0) is 16.3 Å². The Morgan fingerprint density at radius 3 is 2.67 bits per heavy atom. The molecule has 0 amide bonds. The molecule has 0 aliphatic heterocycles. The first-order valence-electron chi connectivity index (χ1n) is 3.30. The van der Waals surface area contributed by atoms with Crippen LogP contribution in [0.25, 0.3) is 0 Å². The number of halogens is 1. The molecule has 0 saturated carbocycles. The lowest BCUT2D eigenvalue weighted by molar-refractivity contribution is 0.604. The Morgan fingerprint density at radius 2 is 2.42 bits per heavy atom. The van der Waals surface area contributed by atoms with Gasteiger partial charge in [-0.1, -0.05) is 6.92 Å². The van der Waals surface area contributed by atoms with Gasteiger partial charge in [0.05, 0.1) is 0 Å². The number of rotatable bonds is 2. The number of thiophene rings is 1. The van der Waals surface area contributed by atoms with Gasteiger partial charge in [0.25, 0.3) is 0 Å². The van der Waals surface area contributed by atoms with Gasteiger partial charge in [0, 0.05) is 4.88 Å². The molecule has 3 nitrogen and oxygen atoms in total. The van der Waals surface area contributed by atoms with E-state index >= 15 is 0 Å². The summed E-state index contributed by atoms with van der Waals surface area (Å²) in [5.74, 6) is -0.626. The van der Waals surface area contributed by atoms with Gasteiger partial charge in [0.2, 0.25) is 0 Å². The Morgan fingerprint density at radius 1 is 1.83 bits per heavy atom. The second-order valence-corrected chi connectivity index (χ2v) is 5.31. The van der Waals surface area contributed by atoms with E-state index in [0.29, 0.717) is 6.42 Å². The van der Waals surface area contributed by atoms with Crippen LogP contribution < -0.4 is 5.14 Å². The van der Waals surface area contributed by atoms with Crippen molar-refractivity contribution in [3.8, 4) is 0 Å². The van der Waals surface area contributed by atoms with Crippen molar-refractivity contribution in [2.45, 2.75) is 17.6 Å². The van der Waals surface area contributed by atoms with Crippen LogP contribution in [0.1, 0.15) is 11.8 Å². The van der Waals surface area contributed by atoms with Crippen LogP contribution in [0.15, 0.2) is 10.3 Å². The molecule has 12 heavy (non-hydrogen) atoms. The second kappa shape index (κ2) is 3.12. The molecule has 1 rings (SSSR count). The molecule has 0 aliphatic carbocycles. The lowest BCUT2D eigenvalue weighted by Gasteiger charge is -1.93. The largest absolute Gasteiger partial charge is 0.240 e. The van der Waals surface area contributed by atoms with E-state index in [1.165, 1.54) is 6.07 Å². The summed E-state index contributed by atoms with van der Waals surface area (Å²) < 4.78 is 30.7. The van der Waals surface area contributed by atoms with Crippen molar-refractivity contribution in [3.63, 3.8) is 0 Å². The van der Waals surface area contributed by atoms with E-state index in [1.54, 1.807) is 0 Å². The summed E-state index contributed by atoms with van der Waals surface area (Å²) >= 11 is 1.00. The molecular formula is C6H9FN2OS2. The molecule has 0 aromatic carbocycles. The molecule has 1 heterocycles. The van der Waals surface area contributed by atoms with Crippen molar-refractivity contribution in [2.75, 3.05) is 0 Å². The maximum absolute atomic E-state index is 12.9. The van der Waals surface area contributed by atoms with Crippen molar-refractivity contribution >= 4 is 21.3 Å². The zero-order valence-electron chi connectivity index (χ0n) is 6.46. The summed E-state index contributed by atoms with van der Waals surface area (Å²) in [6.07, 6.45) is 0.664. The number of hydrogen-bond acceptors (Lipinski definition) is 3. The van der Waals surface area contributed by atoms with E-state index in [2.05, 4.69) is 0 Å². The third kappa shape index (κ3) is 1.82. The normalized spacial score (nSPS) is 15.9. The molecule has 1 unspecified atom stereocenters. The number of aryl methyl sites for hydroxylation is 1. The highest BCUT2D eigenvalue weighted by Gasteiger charge is 2.14. The number of nitrogens with two attached hydrogens (primary N) is 1. The van der Waals surface area contributed by atoms with Crippen molar-refractivity contribution < 1.29 is 8.60 Å². The van der Waals surface area contributed by atoms with E-state index in [0.717, 1.165) is 16.2 Å². The average molecular weight is 208 g/mol. The second-order valence-electron chi connectivity index (χ2n) is 2.30. The lowest BCUT2D eigenvalue weighted by Crippen LogP contribution is -2.09. The topological polar surface area (TPSA) is 66.9 Å². The van der Waals surface area contributed by atoms with Gasteiger partial charge in [-0.2, -0.15) is 0 Å². The highest BCUT2D eigenvalue weighted by molar-refractivity contribution is 7.92. The molecule has 0 saturated heterocycles. The Bertz CT molecular complexity index is 382. The van der Waals surface area contributed by atoms with E-state index < -0.39 is 15.7 Å². The third-order valence-electron chi connectivity index (χ3n) is 1.33. The monoisotopic (exact) mass is 208 g/mol. The predicted octanol–water partition coefficient (Wildman–Crippen LogP) is 1.73. The molecule has 1 aromatic rings. The van der Waals surface area contributed by atoms with E-state index in [1.807, 2.05) is 6.92 Å². The summed E-state index contributed by atoms with van der Waals surface area (Å²) in [6, 6.07) is 1.28. The van der Waals surface area contributed by atoms with Gasteiger partial charge in [-0.3, -0.25) is 0 Å². The van der Waals surface area contributed by atoms with Crippen molar-refractivity contribution in [1.29, 1.82) is 4.78 Å². The maximum Gasteiger partial charge on any atom is 0.152 e. The van der Waals surface area contributed by atoms with Crippen molar-refractivity contribution in [1.82, 2.24) is 0 Å². The lowest BCUT2D eigenvalue weighted by atomic mass is 10.4. The molecule has 1 aromatic heterocycles. The number of hydrogen-bond donors (Lipinski definition) is 2. The summed E-state index contributed by atoms with van der Waals surface area (Å²) in [5.41, 5.74) is 0. The molecule has 0 fully saturated rings. The van der Waals surface area contributed by atoms with Gasteiger partial charge >= 0.3 is 0 Å². The first-order valence-corrected chi connectivity index (χ1v) is 5.73. The molecule has 0 radical (unpaired) electrons. The molecule has 0 bridgehead atoms. The average Bonchev–Trinajstić information content (AvgIpc) is 2.29. The Balaban J connectivity index is 3.27. The quantitative estimate of drug-likeness (QED) is 0.763. The Labute approximate surface area is 74.5 Å². The summed E-state index contributed by atoms with van der Waals surface area (Å²) in [4.78, 5) is 0.757. The molecule has 0 aliphatic rings. The molecular weight excluding hydrogens is 199 g/mol. The maximum atomic E-state index is 12.9. The highest BCUT2D eigenvalue weighted by atomic mass is 32.2. The Hall–Kier alpha value is -0.460. The fourth-order valence-electron chi connectivity index (χ4n) is 0.779. The van der Waals surface area contributed by atoms with Crippen molar-refractivity contribution in [3.05, 3.63) is 16.8 Å². The highest BCUT2D eigenvalue weighted by Crippen LogP contribution is 2.25. The van der Waals surface area contributed by atoms with Gasteiger partial charge in [-0.15, -0.1) is 11.3 Å². The summed E-state index contributed by atoms with van der Waals surface area (Å²) in [6.45, 7) is 1.86. The Kier molecular flexibility index (Phi) is 2.50. The minimum atomic E-state index is -3.38. The van der Waals surface area contributed by atoms with Crippen molar-refractivity contribution in [2.24, 2.45) is 5.14 Å². The predicted molar refractivity (Wildman–Crippen MR) is 47.0 cm³/mol. The first kappa shape index (κ1) is 9.63. The molecule has 68 valence electrons. The van der Waals surface area contributed by atoms with Crippen LogP contribution in [-0.4, -0.2) is 4.21 Å². The molecule has 6 heteroatoms. The van der Waals surface area contributed by atoms with Crippen LogP contribution >= 0.6 is 11.3 Å². The van der Waals surface area contributed by atoms with E-state index in [9.17, 15) is 8.60 Å². The standard InChI is InChI=1S/C6H9FN2OS2/c1-2-4-3-5(7)6(11-4)12(8,9)10/h3H,2H2,1H3,(H3,8,9,10). The molecule has 0 spiro atoms. The minimum Gasteiger partial charge on any atom is -0.240 e. The zero-order valence-corrected chi connectivity index (χ0v) is 8.10. The zero-order chi connectivity index (χ0) is 9.35. The van der Waals surface area contributed by atoms with E-state index in [4.69, 9.17) is 9.92 Å². The molecule has 1 atom stereocenters. The van der Waals surface area contributed by atoms with E-state index in [-0.39, 0.29) is 4.21 Å². The van der Waals surface area contributed by atoms with Gasteiger partial charge < -0.3 is 0 Å². The smallest absolute Gasteiger partial charge is 0.152 e. The fraction of sp³-hybridized carbons (Fsp3) is 0.333. The van der Waals surface area contributed by atoms with Crippen LogP contribution in [0.2, 0.25) is 0 Å². The third-order valence-corrected chi connectivity index (χ3v) is 4.12. The summed E-state index contributed by atoms with van der Waals surface area (Å²) in [5, 5.41) is 4.99. The van der Waals surface area contributed by atoms with Crippen LogP contribution in [0.5, 0.6) is 0 Å². The van der Waals surface area contributed by atoms with Gasteiger partial charge in [-0.25, -0.2) is 18.5 Å². The summed E-state index contributed by atoms with van der Waals surface area (Å²) in [7, 11) is -3.38. The minimum absolute atomic E-state index is 0.153. The number of nitrogens with one attached hydrogen (secondary N) is 1. The van der Waals surface area contributed by atoms with Crippen LogP contribution in [0, 0.1) is 10.6 Å². The first-order chi connectivity index (χ1) is 5.45. The SMILES string of the molecule is CCc1cc(F)c(S(=N)(N)=O)s1. The van der Waals surface area contributed by atoms with Crippen LogP contribution in [0.4, 0.5) is 4.39 Å². The molecule has 3 N–H and O–H groups in total. The van der Waals surface area contributed by atoms with Crippen LogP contribution in [0.3, 0.4) is 0 Å². The van der Waals surface area contributed by atoms with Gasteiger partial charge in [-0.05, 0) is 12.5 Å². The van der Waals surface area contributed by atoms with Gasteiger partial charge in [0.1, 0.15) is 9.92 Å². The fourth-order valence-corrected chi connectivity index (χ4v) is 2.64. The van der Waals surface area contributed by atoms with Gasteiger partial charge in [0.15, 0.2) is 10.0 Å².